The maximum atomic E-state index is 12.9. The Labute approximate surface area is 507 Å². The van der Waals surface area contributed by atoms with Crippen LogP contribution in [0.2, 0.25) is 0 Å². The van der Waals surface area contributed by atoms with Crippen molar-refractivity contribution in [1.29, 1.82) is 0 Å². The van der Waals surface area contributed by atoms with E-state index >= 15 is 0 Å². The molecule has 0 aromatic carbocycles. The van der Waals surface area contributed by atoms with Gasteiger partial charge in [0.2, 0.25) is 0 Å². The Kier molecular flexibility index (Phi) is 65.8. The van der Waals surface area contributed by atoms with E-state index in [0.29, 0.717) is 19.3 Å². The molecule has 0 rings (SSSR count). The lowest BCUT2D eigenvalue weighted by molar-refractivity contribution is -0.167. The summed E-state index contributed by atoms with van der Waals surface area (Å²) in [6.45, 7) is 6.53. The summed E-state index contributed by atoms with van der Waals surface area (Å²) >= 11 is 0. The second kappa shape index (κ2) is 69.3. The Hall–Kier alpha value is -4.19. The molecule has 0 aromatic heterocycles. The predicted octanol–water partition coefficient (Wildman–Crippen LogP) is 23.9. The molecular weight excluding hydrogens is 1010 g/mol. The van der Waals surface area contributed by atoms with Gasteiger partial charge in [-0.3, -0.25) is 14.4 Å². The van der Waals surface area contributed by atoms with Crippen LogP contribution in [0.4, 0.5) is 0 Å². The lowest BCUT2D eigenvalue weighted by atomic mass is 10.0. The van der Waals surface area contributed by atoms with Crippen LogP contribution < -0.4 is 0 Å². The molecule has 1 atom stereocenters. The van der Waals surface area contributed by atoms with E-state index in [1.807, 2.05) is 0 Å². The average molecular weight is 1140 g/mol. The second-order valence-electron chi connectivity index (χ2n) is 22.7. The molecule has 0 aliphatic carbocycles. The van der Waals surface area contributed by atoms with Crippen LogP contribution in [0.1, 0.15) is 323 Å². The molecule has 0 saturated heterocycles. The van der Waals surface area contributed by atoms with Crippen LogP contribution >= 0.6 is 0 Å². The third-order valence-electron chi connectivity index (χ3n) is 14.7. The first-order valence-corrected chi connectivity index (χ1v) is 34.5. The van der Waals surface area contributed by atoms with Crippen molar-refractivity contribution in [1.82, 2.24) is 0 Å². The number of unbranched alkanes of at least 4 members (excludes halogenated alkanes) is 31. The molecule has 0 N–H and O–H groups in total. The molecule has 0 saturated carbocycles. The smallest absolute Gasteiger partial charge is 0.306 e. The number of hydrogen-bond donors (Lipinski definition) is 0. The van der Waals surface area contributed by atoms with Crippen molar-refractivity contribution in [2.45, 2.75) is 329 Å². The molecule has 6 heteroatoms. The minimum absolute atomic E-state index is 0.0810. The van der Waals surface area contributed by atoms with Crippen LogP contribution in [-0.4, -0.2) is 37.2 Å². The normalized spacial score (nSPS) is 12.9. The summed E-state index contributed by atoms with van der Waals surface area (Å²) in [5, 5.41) is 0. The van der Waals surface area contributed by atoms with Crippen molar-refractivity contribution in [2.24, 2.45) is 0 Å². The Bertz CT molecular complexity index is 1690. The lowest BCUT2D eigenvalue weighted by Gasteiger charge is -2.18. The first-order valence-electron chi connectivity index (χ1n) is 34.5. The van der Waals surface area contributed by atoms with Gasteiger partial charge in [0.25, 0.3) is 0 Å². The molecule has 0 aliphatic heterocycles. The Morgan fingerprint density at radius 1 is 0.256 bits per heavy atom. The van der Waals surface area contributed by atoms with E-state index in [0.717, 1.165) is 122 Å². The van der Waals surface area contributed by atoms with Crippen LogP contribution in [0.5, 0.6) is 0 Å². The van der Waals surface area contributed by atoms with E-state index < -0.39 is 6.10 Å². The van der Waals surface area contributed by atoms with Gasteiger partial charge in [-0.2, -0.15) is 0 Å². The topological polar surface area (TPSA) is 78.9 Å². The monoisotopic (exact) mass is 1140 g/mol. The number of ether oxygens (including phenoxy) is 3. The zero-order valence-electron chi connectivity index (χ0n) is 53.7. The molecule has 0 spiro atoms. The van der Waals surface area contributed by atoms with Crippen molar-refractivity contribution in [3.63, 3.8) is 0 Å². The quantitative estimate of drug-likeness (QED) is 0.0261. The van der Waals surface area contributed by atoms with E-state index in [9.17, 15) is 14.4 Å². The summed E-state index contributed by atoms with van der Waals surface area (Å²) in [7, 11) is 0. The third kappa shape index (κ3) is 66.6. The second-order valence-corrected chi connectivity index (χ2v) is 22.7. The maximum Gasteiger partial charge on any atom is 0.306 e. The lowest BCUT2D eigenvalue weighted by Crippen LogP contribution is -2.30. The van der Waals surface area contributed by atoms with Gasteiger partial charge in [-0.1, -0.05) is 309 Å². The van der Waals surface area contributed by atoms with Gasteiger partial charge in [0.15, 0.2) is 6.10 Å². The summed E-state index contributed by atoms with van der Waals surface area (Å²) in [6.07, 6.45) is 96.4. The molecule has 1 unspecified atom stereocenters. The predicted molar refractivity (Wildman–Crippen MR) is 357 cm³/mol. The van der Waals surface area contributed by atoms with Crippen LogP contribution in [0.15, 0.2) is 122 Å². The summed E-state index contributed by atoms with van der Waals surface area (Å²) in [4.78, 5) is 38.3. The van der Waals surface area contributed by atoms with E-state index in [1.165, 1.54) is 161 Å². The molecule has 0 bridgehead atoms. The first kappa shape index (κ1) is 77.8. The van der Waals surface area contributed by atoms with E-state index in [4.69, 9.17) is 14.2 Å². The highest BCUT2D eigenvalue weighted by Gasteiger charge is 2.19. The number of esters is 3. The number of carbonyl (C=O) groups excluding carboxylic acids is 3. The Morgan fingerprint density at radius 2 is 0.476 bits per heavy atom. The fourth-order valence-electron chi connectivity index (χ4n) is 9.55. The summed E-state index contributed by atoms with van der Waals surface area (Å²) in [5.74, 6) is -0.888. The highest BCUT2D eigenvalue weighted by Crippen LogP contribution is 2.16. The molecule has 0 heterocycles. The molecule has 0 aromatic rings. The van der Waals surface area contributed by atoms with Crippen LogP contribution in [-0.2, 0) is 28.6 Å². The minimum atomic E-state index is -0.786. The first-order chi connectivity index (χ1) is 40.5. The summed E-state index contributed by atoms with van der Waals surface area (Å²) < 4.78 is 16.9. The van der Waals surface area contributed by atoms with Gasteiger partial charge in [0, 0.05) is 19.3 Å². The van der Waals surface area contributed by atoms with Gasteiger partial charge in [-0.15, -0.1) is 0 Å². The largest absolute Gasteiger partial charge is 0.462 e. The summed E-state index contributed by atoms with van der Waals surface area (Å²) in [6, 6.07) is 0. The molecule has 0 fully saturated rings. The van der Waals surface area contributed by atoms with E-state index in [2.05, 4.69) is 142 Å². The van der Waals surface area contributed by atoms with Gasteiger partial charge < -0.3 is 14.2 Å². The van der Waals surface area contributed by atoms with Gasteiger partial charge in [-0.05, 0) is 116 Å². The molecule has 82 heavy (non-hydrogen) atoms. The molecule has 468 valence electrons. The maximum absolute atomic E-state index is 12.9. The highest BCUT2D eigenvalue weighted by atomic mass is 16.6. The van der Waals surface area contributed by atoms with E-state index in [1.54, 1.807) is 0 Å². The zero-order chi connectivity index (χ0) is 59.2. The highest BCUT2D eigenvalue weighted by molar-refractivity contribution is 5.71. The van der Waals surface area contributed by atoms with Crippen molar-refractivity contribution >= 4 is 17.9 Å². The molecular formula is C76H128O6. The number of rotatable bonds is 62. The molecule has 0 radical (unpaired) electrons. The van der Waals surface area contributed by atoms with Crippen molar-refractivity contribution in [3.05, 3.63) is 122 Å². The zero-order valence-corrected chi connectivity index (χ0v) is 53.7. The Balaban J connectivity index is 4.26. The number of carbonyl (C=O) groups is 3. The third-order valence-corrected chi connectivity index (χ3v) is 14.7. The van der Waals surface area contributed by atoms with Gasteiger partial charge in [0.1, 0.15) is 13.2 Å². The van der Waals surface area contributed by atoms with Crippen molar-refractivity contribution in [3.8, 4) is 0 Å². The standard InChI is InChI=1S/C76H128O6/c1-4-7-10-13-16-19-22-25-27-29-30-31-32-33-34-35-36-37-38-39-40-41-42-43-44-45-46-48-49-51-54-57-60-63-66-69-75(78)81-72-73(71-80-74(77)68-65-62-59-56-53-24-21-18-15-12-9-6-3)82-76(79)70-67-64-61-58-55-52-50-47-28-26-23-20-17-14-11-8-5-2/h7,10,16,19,25-28,30-31,33-34,36-37,39-40,42-43,45-46,73H,4-6,8-9,11-15,17-18,20-24,29,32,35,38,41,44,47-72H2,1-3H3/b10-7-,19-16-,27-25-,28-26-,31-30-,34-33-,37-36-,40-39-,43-42-,46-45-. The van der Waals surface area contributed by atoms with Gasteiger partial charge in [-0.25, -0.2) is 0 Å². The minimum Gasteiger partial charge on any atom is -0.462 e. The number of hydrogen-bond acceptors (Lipinski definition) is 6. The number of allylic oxidation sites excluding steroid dienone is 20. The van der Waals surface area contributed by atoms with Crippen LogP contribution in [0, 0.1) is 0 Å². The molecule has 6 nitrogen and oxygen atoms in total. The van der Waals surface area contributed by atoms with Crippen molar-refractivity contribution in [2.75, 3.05) is 13.2 Å². The molecule has 0 amide bonds. The van der Waals surface area contributed by atoms with Crippen molar-refractivity contribution < 1.29 is 28.6 Å². The van der Waals surface area contributed by atoms with Crippen LogP contribution in [0.25, 0.3) is 0 Å². The molecule has 0 aliphatic rings. The SMILES string of the molecule is CC/C=C\C/C=C\C/C=C\C/C=C\C/C=C\C/C=C\C/C=C\C/C=C\C/C=C\CCCCCCCCCC(=O)OCC(COC(=O)CCCCCCCCCCCCCC)OC(=O)CCCCCCCCC/C=C\CCCCCCCC. The van der Waals surface area contributed by atoms with Crippen LogP contribution in [0.3, 0.4) is 0 Å². The Morgan fingerprint density at radius 3 is 0.756 bits per heavy atom. The van der Waals surface area contributed by atoms with Gasteiger partial charge >= 0.3 is 17.9 Å². The average Bonchev–Trinajstić information content (AvgIpc) is 3.47. The fourth-order valence-corrected chi connectivity index (χ4v) is 9.55. The fraction of sp³-hybridized carbons (Fsp3) is 0.697. The summed E-state index contributed by atoms with van der Waals surface area (Å²) in [5.41, 5.74) is 0. The van der Waals surface area contributed by atoms with E-state index in [-0.39, 0.29) is 31.1 Å². The van der Waals surface area contributed by atoms with Gasteiger partial charge in [0.05, 0.1) is 0 Å².